The maximum atomic E-state index is 15.3. The van der Waals surface area contributed by atoms with Gasteiger partial charge in [0.1, 0.15) is 23.0 Å². The Labute approximate surface area is 314 Å². The van der Waals surface area contributed by atoms with Crippen molar-refractivity contribution < 1.29 is 51.3 Å². The summed E-state index contributed by atoms with van der Waals surface area (Å²) < 4.78 is 61.1. The fourth-order valence-electron chi connectivity index (χ4n) is 6.51. The molecule has 5 rings (SSSR count). The number of carbonyl (C=O) groups is 3. The quantitative estimate of drug-likeness (QED) is 0.118. The number of pyridine rings is 1. The van der Waals surface area contributed by atoms with E-state index in [4.69, 9.17) is 18.3 Å². The lowest BCUT2D eigenvalue weighted by molar-refractivity contribution is -0.132. The van der Waals surface area contributed by atoms with Gasteiger partial charge in [0, 0.05) is 67.9 Å². The highest BCUT2D eigenvalue weighted by molar-refractivity contribution is 7.73. The van der Waals surface area contributed by atoms with Crippen molar-refractivity contribution in [3.8, 4) is 5.75 Å². The van der Waals surface area contributed by atoms with Gasteiger partial charge < -0.3 is 37.8 Å². The lowest BCUT2D eigenvalue weighted by Crippen LogP contribution is -2.50. The Morgan fingerprint density at radius 3 is 2.15 bits per heavy atom. The monoisotopic (exact) mass is 793 g/mol. The van der Waals surface area contributed by atoms with Gasteiger partial charge in [-0.25, -0.2) is 9.18 Å². The molecule has 0 spiro atoms. The number of hydrogen-bond donors (Lipinski definition) is 1. The molecule has 1 atom stereocenters. The molecule has 1 aromatic heterocycles. The van der Waals surface area contributed by atoms with Gasteiger partial charge in [-0.05, 0) is 51.8 Å². The van der Waals surface area contributed by atoms with Crippen LogP contribution in [0, 0.1) is 5.82 Å². The highest BCUT2D eigenvalue weighted by atomic mass is 31.2. The normalized spacial score (nSPS) is 16.0. The van der Waals surface area contributed by atoms with Crippen LogP contribution in [0.1, 0.15) is 75.8 Å². The number of piperazine rings is 1. The van der Waals surface area contributed by atoms with Crippen LogP contribution in [-0.4, -0.2) is 91.5 Å². The Morgan fingerprint density at radius 1 is 0.981 bits per heavy atom. The zero-order chi connectivity index (χ0) is 39.8. The van der Waals surface area contributed by atoms with Gasteiger partial charge >= 0.3 is 13.6 Å². The standard InChI is InChI=1S/C29H30FN3O6.C8H20O5P2/c1-29(2,21-5-3-4-6-25(21)39-17-34)15-26(35)32-11-9-31(10-12-32)24-14-23-19(13-22(24)30)27(36)20(28(37)38)16-33(23)18-7-8-18;1-5-11-14(4,9)8-15(10,12-6-2)13-7-3/h3-6,13-14,16-18H,7-12,15H2,1-2H3,(H,37,38);5-8H2,1-4H3. The van der Waals surface area contributed by atoms with Gasteiger partial charge in [0.25, 0.3) is 6.47 Å². The van der Waals surface area contributed by atoms with Gasteiger partial charge in [-0.15, -0.1) is 0 Å². The molecule has 2 heterocycles. The van der Waals surface area contributed by atoms with E-state index >= 15 is 4.39 Å². The highest BCUT2D eigenvalue weighted by Crippen LogP contribution is 2.61. The number of carboxylic acids is 1. The van der Waals surface area contributed by atoms with Crippen LogP contribution in [-0.2, 0) is 37.7 Å². The molecule has 296 valence electrons. The summed E-state index contributed by atoms with van der Waals surface area (Å²) in [6.07, 6.45) is 3.30. The van der Waals surface area contributed by atoms with Crippen LogP contribution >= 0.6 is 15.0 Å². The minimum Gasteiger partial charge on any atom is -0.477 e. The summed E-state index contributed by atoms with van der Waals surface area (Å²) in [5, 5.41) is 9.51. The maximum Gasteiger partial charge on any atom is 0.341 e. The molecule has 1 aliphatic heterocycles. The van der Waals surface area contributed by atoms with E-state index in [9.17, 15) is 33.4 Å². The zero-order valence-electron chi connectivity index (χ0n) is 31.6. The van der Waals surface area contributed by atoms with Crippen LogP contribution in [0.25, 0.3) is 10.9 Å². The Morgan fingerprint density at radius 2 is 1.59 bits per heavy atom. The fourth-order valence-corrected chi connectivity index (χ4v) is 11.4. The molecule has 1 amide bonds. The maximum absolute atomic E-state index is 15.3. The van der Waals surface area contributed by atoms with E-state index in [0.29, 0.717) is 56.2 Å². The molecule has 14 nitrogen and oxygen atoms in total. The van der Waals surface area contributed by atoms with E-state index in [1.165, 1.54) is 12.9 Å². The molecule has 1 unspecified atom stereocenters. The van der Waals surface area contributed by atoms with E-state index in [1.807, 2.05) is 30.9 Å². The summed E-state index contributed by atoms with van der Waals surface area (Å²) >= 11 is 0. The number of ether oxygens (including phenoxy) is 1. The first-order valence-electron chi connectivity index (χ1n) is 17.9. The number of aromatic carboxylic acids is 1. The van der Waals surface area contributed by atoms with E-state index in [-0.39, 0.29) is 48.4 Å². The number of rotatable bonds is 16. The molecule has 3 aromatic rings. The Kier molecular flexibility index (Phi) is 14.4. The van der Waals surface area contributed by atoms with Crippen LogP contribution in [0.3, 0.4) is 0 Å². The van der Waals surface area contributed by atoms with Crippen molar-refractivity contribution in [2.24, 2.45) is 0 Å². The first kappa shape index (κ1) is 42.9. The number of para-hydroxylation sites is 1. The predicted molar refractivity (Wildman–Crippen MR) is 204 cm³/mol. The molecule has 0 bridgehead atoms. The van der Waals surface area contributed by atoms with Crippen molar-refractivity contribution in [3.05, 3.63) is 69.8 Å². The van der Waals surface area contributed by atoms with E-state index < -0.39 is 37.6 Å². The van der Waals surface area contributed by atoms with Crippen molar-refractivity contribution in [2.45, 2.75) is 65.3 Å². The summed E-state index contributed by atoms with van der Waals surface area (Å²) in [6.45, 7) is 13.3. The molecule has 1 saturated heterocycles. The number of aromatic nitrogens is 1. The van der Waals surface area contributed by atoms with Crippen LogP contribution in [0.5, 0.6) is 5.75 Å². The second kappa shape index (κ2) is 18.2. The number of hydrogen-bond acceptors (Lipinski definition) is 11. The minimum absolute atomic E-state index is 0.0525. The summed E-state index contributed by atoms with van der Waals surface area (Å²) in [5.41, 5.74) is -0.0448. The number of amides is 1. The number of halogens is 1. The van der Waals surface area contributed by atoms with Gasteiger partial charge in [0.05, 0.1) is 31.0 Å². The van der Waals surface area contributed by atoms with Crippen molar-refractivity contribution in [2.75, 3.05) is 63.5 Å². The number of carboxylic acid groups (broad SMARTS) is 1. The molecule has 0 radical (unpaired) electrons. The Hall–Kier alpha value is -3.87. The molecule has 54 heavy (non-hydrogen) atoms. The van der Waals surface area contributed by atoms with E-state index in [1.54, 1.807) is 48.4 Å². The lowest BCUT2D eigenvalue weighted by atomic mass is 9.80. The van der Waals surface area contributed by atoms with Gasteiger partial charge in [-0.1, -0.05) is 32.0 Å². The van der Waals surface area contributed by atoms with Crippen LogP contribution in [0.4, 0.5) is 10.1 Å². The molecule has 17 heteroatoms. The zero-order valence-corrected chi connectivity index (χ0v) is 33.4. The van der Waals surface area contributed by atoms with Gasteiger partial charge in [-0.2, -0.15) is 0 Å². The first-order chi connectivity index (χ1) is 25.5. The Balaban J connectivity index is 0.000000368. The summed E-state index contributed by atoms with van der Waals surface area (Å²) in [4.78, 5) is 52.1. The van der Waals surface area contributed by atoms with Crippen LogP contribution < -0.4 is 15.1 Å². The summed E-state index contributed by atoms with van der Waals surface area (Å²) in [6, 6.07) is 9.98. The summed E-state index contributed by atoms with van der Waals surface area (Å²) in [5.74, 6) is -1.72. The molecule has 2 aliphatic rings. The SMILES string of the molecule is CC(C)(CC(=O)N1CCN(c2cc3c(cc2F)c(=O)c(C(=O)O)cn3C2CC2)CC1)c1ccccc1OC=O.CCOP(C)(=O)CP(=O)(OCC)OCC. The molecule has 1 aliphatic carbocycles. The molecule has 1 N–H and O–H groups in total. The third kappa shape index (κ3) is 10.7. The van der Waals surface area contributed by atoms with Crippen LogP contribution in [0.15, 0.2) is 47.4 Å². The average Bonchev–Trinajstić information content (AvgIpc) is 3.94. The summed E-state index contributed by atoms with van der Waals surface area (Å²) in [7, 11) is -6.15. The van der Waals surface area contributed by atoms with Crippen molar-refractivity contribution in [1.29, 1.82) is 0 Å². The highest BCUT2D eigenvalue weighted by Gasteiger charge is 2.34. The second-order valence-electron chi connectivity index (χ2n) is 13.8. The van der Waals surface area contributed by atoms with Crippen molar-refractivity contribution >= 4 is 49.9 Å². The smallest absolute Gasteiger partial charge is 0.341 e. The van der Waals surface area contributed by atoms with Crippen molar-refractivity contribution in [3.63, 3.8) is 0 Å². The van der Waals surface area contributed by atoms with Gasteiger partial charge in [0.2, 0.25) is 18.7 Å². The lowest BCUT2D eigenvalue weighted by Gasteiger charge is -2.38. The number of fused-ring (bicyclic) bond motifs is 1. The number of anilines is 1. The molecular weight excluding hydrogens is 743 g/mol. The third-order valence-corrected chi connectivity index (χ3v) is 14.7. The fraction of sp³-hybridized carbons (Fsp3) is 0.514. The third-order valence-electron chi connectivity index (χ3n) is 9.11. The van der Waals surface area contributed by atoms with Gasteiger partial charge in [0.15, 0.2) is 0 Å². The molecule has 1 saturated carbocycles. The second-order valence-corrected chi connectivity index (χ2v) is 19.0. The Bertz CT molecular complexity index is 1980. The molecule has 2 aromatic carbocycles. The van der Waals surface area contributed by atoms with Gasteiger partial charge in [-0.3, -0.25) is 23.5 Å². The number of carbonyl (C=O) groups excluding carboxylic acids is 2. The number of nitrogens with zero attached hydrogens (tertiary/aromatic N) is 3. The average molecular weight is 794 g/mol. The van der Waals surface area contributed by atoms with Crippen molar-refractivity contribution in [1.82, 2.24) is 9.47 Å². The minimum atomic E-state index is -3.26. The largest absolute Gasteiger partial charge is 0.477 e. The molecular formula is C37H50FN3O11P2. The first-order valence-corrected chi connectivity index (χ1v) is 21.9. The topological polar surface area (TPSA) is 171 Å². The molecule has 2 fully saturated rings. The number of benzene rings is 2. The van der Waals surface area contributed by atoms with E-state index in [2.05, 4.69) is 0 Å². The predicted octanol–water partition coefficient (Wildman–Crippen LogP) is 6.88. The van der Waals surface area contributed by atoms with E-state index in [0.717, 1.165) is 24.5 Å². The van der Waals surface area contributed by atoms with Crippen LogP contribution in [0.2, 0.25) is 0 Å².